The SMILES string of the molecule is CC1(C)CCC(C)(C)c2cc3c(cc21)sc1cc2c(cc13)B1c3cc4c(cc3N(c3ccc5c(c3)C(C)(C)c3ccccc3C5(C)C)c3cc(C5CCCCC5)cc(c31)N2c1ccccc1-c1ccccc1)C(C)(C)c1ccccc1C4(C)C. The van der Waals surface area contributed by atoms with Crippen LogP contribution in [0.4, 0.5) is 34.1 Å². The molecule has 0 N–H and O–H groups in total. The van der Waals surface area contributed by atoms with Gasteiger partial charge in [0.05, 0.1) is 5.69 Å². The van der Waals surface area contributed by atoms with Crippen LogP contribution in [0, 0.1) is 0 Å². The van der Waals surface area contributed by atoms with Crippen LogP contribution < -0.4 is 26.2 Å². The second-order valence-electron chi connectivity index (χ2n) is 29.7. The fraction of sp³-hybridized carbons (Fsp3) is 0.325. The Morgan fingerprint density at radius 3 is 1.51 bits per heavy atom. The van der Waals surface area contributed by atoms with E-state index in [0.29, 0.717) is 5.92 Å². The van der Waals surface area contributed by atoms with E-state index >= 15 is 0 Å². The maximum atomic E-state index is 2.78. The molecule has 0 saturated heterocycles. The minimum Gasteiger partial charge on any atom is -0.311 e. The number of hydrogen-bond donors (Lipinski definition) is 0. The van der Waals surface area contributed by atoms with Gasteiger partial charge in [-0.3, -0.25) is 0 Å². The highest BCUT2D eigenvalue weighted by Crippen LogP contribution is 2.57. The lowest BCUT2D eigenvalue weighted by atomic mass is 9.33. The highest BCUT2D eigenvalue weighted by atomic mass is 32.1. The first kappa shape index (κ1) is 52.4. The normalized spacial score (nSPS) is 19.5. The molecule has 9 aromatic carbocycles. The quantitative estimate of drug-likeness (QED) is 0.162. The third-order valence-corrected chi connectivity index (χ3v) is 23.7. The monoisotopic (exact) mass is 1110 g/mol. The Balaban J connectivity index is 1.05. The van der Waals surface area contributed by atoms with E-state index in [1.807, 2.05) is 11.3 Å². The summed E-state index contributed by atoms with van der Waals surface area (Å²) in [6.07, 6.45) is 8.68. The minimum atomic E-state index is -0.241. The molecule has 1 fully saturated rings. The molecule has 2 aliphatic heterocycles. The van der Waals surface area contributed by atoms with E-state index in [1.165, 1.54) is 188 Å². The van der Waals surface area contributed by atoms with Gasteiger partial charge in [-0.1, -0.05) is 218 Å². The number of anilines is 6. The van der Waals surface area contributed by atoms with Crippen LogP contribution in [0.15, 0.2) is 170 Å². The van der Waals surface area contributed by atoms with E-state index in [9.17, 15) is 0 Å². The van der Waals surface area contributed by atoms with Crippen LogP contribution in [0.25, 0.3) is 31.3 Å². The number of benzene rings is 9. The molecule has 418 valence electrons. The molecule has 16 rings (SSSR count). The zero-order chi connectivity index (χ0) is 57.8. The third-order valence-electron chi connectivity index (χ3n) is 22.6. The van der Waals surface area contributed by atoms with Gasteiger partial charge >= 0.3 is 0 Å². The zero-order valence-corrected chi connectivity index (χ0v) is 52.4. The predicted octanol–water partition coefficient (Wildman–Crippen LogP) is 20.1. The summed E-state index contributed by atoms with van der Waals surface area (Å²) in [5, 5.41) is 2.79. The number of hydrogen-bond acceptors (Lipinski definition) is 3. The van der Waals surface area contributed by atoms with Crippen molar-refractivity contribution in [3.8, 4) is 11.1 Å². The molecule has 3 heterocycles. The van der Waals surface area contributed by atoms with Crippen molar-refractivity contribution in [2.75, 3.05) is 9.80 Å². The second-order valence-corrected chi connectivity index (χ2v) is 30.8. The summed E-state index contributed by atoms with van der Waals surface area (Å²) in [7, 11) is 0. The highest BCUT2D eigenvalue weighted by molar-refractivity contribution is 7.26. The summed E-state index contributed by atoms with van der Waals surface area (Å²) < 4.78 is 2.76. The zero-order valence-electron chi connectivity index (χ0n) is 51.6. The topological polar surface area (TPSA) is 6.48 Å². The van der Waals surface area contributed by atoms with Crippen LogP contribution in [0.2, 0.25) is 0 Å². The van der Waals surface area contributed by atoms with Crippen LogP contribution in [0.1, 0.15) is 195 Å². The van der Waals surface area contributed by atoms with Gasteiger partial charge in [0.15, 0.2) is 0 Å². The Labute approximate surface area is 504 Å². The maximum Gasteiger partial charge on any atom is 0.252 e. The molecule has 0 spiro atoms. The minimum absolute atomic E-state index is 0.0506. The van der Waals surface area contributed by atoms with Gasteiger partial charge in [0, 0.05) is 70.4 Å². The number of thiophene rings is 1. The molecule has 84 heavy (non-hydrogen) atoms. The van der Waals surface area contributed by atoms with E-state index in [1.54, 1.807) is 0 Å². The summed E-state index contributed by atoms with van der Waals surface area (Å²) >= 11 is 2.01. The summed E-state index contributed by atoms with van der Waals surface area (Å²) in [5.74, 6) is 0.471. The third kappa shape index (κ3) is 7.22. The summed E-state index contributed by atoms with van der Waals surface area (Å²) in [4.78, 5) is 5.53. The first-order valence-corrected chi connectivity index (χ1v) is 32.5. The Bertz CT molecular complexity index is 4440. The molecular weight excluding hydrogens is 1030 g/mol. The van der Waals surface area contributed by atoms with Crippen molar-refractivity contribution in [2.45, 2.75) is 166 Å². The van der Waals surface area contributed by atoms with Crippen molar-refractivity contribution in [3.05, 3.63) is 231 Å². The van der Waals surface area contributed by atoms with E-state index in [-0.39, 0.29) is 39.2 Å². The standard InChI is InChI=1S/C80H79BN2S/c1-75(2)37-38-76(3,4)61-46-72-53(42-60(61)75)54-43-65-69(47-73(54)84-72)83(67-34-24-19-29-52(67)49-27-17-14-18-28-49)71-40-50(48-25-15-13-16-26-48)39-70-74(71)81(65)66-44-63-64(80(11,12)58-33-23-22-32-57(58)79(63,9)10)45-68(66)82(70)51-35-36-59-62(41-51)78(7,8)56-31-21-20-30-55(56)77(59,5)6/h14,17-24,27-36,39-48H,13,15-16,25-26,37-38H2,1-12H3. The average Bonchev–Trinajstić information content (AvgIpc) is 1.000. The second kappa shape index (κ2) is 17.7. The number of fused-ring (bicyclic) bond motifs is 12. The van der Waals surface area contributed by atoms with E-state index < -0.39 is 0 Å². The number of nitrogens with zero attached hydrogens (tertiary/aromatic N) is 2. The van der Waals surface area contributed by atoms with Crippen molar-refractivity contribution in [3.63, 3.8) is 0 Å². The van der Waals surface area contributed by atoms with E-state index in [0.717, 1.165) is 0 Å². The van der Waals surface area contributed by atoms with Gasteiger partial charge in [0.25, 0.3) is 6.71 Å². The van der Waals surface area contributed by atoms with Crippen LogP contribution >= 0.6 is 11.3 Å². The highest BCUT2D eigenvalue weighted by Gasteiger charge is 2.50. The van der Waals surface area contributed by atoms with Crippen LogP contribution in [-0.4, -0.2) is 6.71 Å². The molecule has 4 heteroatoms. The molecule has 0 bridgehead atoms. The lowest BCUT2D eigenvalue weighted by molar-refractivity contribution is 0.332. The molecule has 1 saturated carbocycles. The molecular formula is C80H79BN2S. The van der Waals surface area contributed by atoms with Crippen LogP contribution in [-0.2, 0) is 32.5 Å². The molecule has 1 aromatic heterocycles. The Morgan fingerprint density at radius 2 is 0.869 bits per heavy atom. The molecule has 10 aromatic rings. The first-order chi connectivity index (χ1) is 40.2. The van der Waals surface area contributed by atoms with Crippen molar-refractivity contribution in [1.82, 2.24) is 0 Å². The van der Waals surface area contributed by atoms with Crippen molar-refractivity contribution >= 4 is 88.7 Å². The number of para-hydroxylation sites is 1. The molecule has 0 radical (unpaired) electrons. The van der Waals surface area contributed by atoms with Crippen LogP contribution in [0.3, 0.4) is 0 Å². The molecule has 6 aliphatic rings. The van der Waals surface area contributed by atoms with Gasteiger partial charge in [-0.2, -0.15) is 0 Å². The van der Waals surface area contributed by atoms with Crippen molar-refractivity contribution in [2.24, 2.45) is 0 Å². The Kier molecular flexibility index (Phi) is 11.1. The van der Waals surface area contributed by atoms with Gasteiger partial charge in [-0.25, -0.2) is 0 Å². The van der Waals surface area contributed by atoms with Crippen molar-refractivity contribution in [1.29, 1.82) is 0 Å². The van der Waals surface area contributed by atoms with Gasteiger partial charge in [-0.05, 0) is 186 Å². The lowest BCUT2D eigenvalue weighted by Crippen LogP contribution is -2.62. The molecule has 0 unspecified atom stereocenters. The number of rotatable bonds is 4. The molecule has 0 atom stereocenters. The first-order valence-electron chi connectivity index (χ1n) is 31.7. The van der Waals surface area contributed by atoms with Crippen molar-refractivity contribution < 1.29 is 0 Å². The largest absolute Gasteiger partial charge is 0.311 e. The molecule has 0 amide bonds. The fourth-order valence-electron chi connectivity index (χ4n) is 17.6. The van der Waals surface area contributed by atoms with Gasteiger partial charge < -0.3 is 9.80 Å². The fourth-order valence-corrected chi connectivity index (χ4v) is 18.8. The van der Waals surface area contributed by atoms with Gasteiger partial charge in [0.2, 0.25) is 0 Å². The Morgan fingerprint density at radius 1 is 0.381 bits per heavy atom. The van der Waals surface area contributed by atoms with E-state index in [4.69, 9.17) is 0 Å². The molecule has 4 aliphatic carbocycles. The molecule has 2 nitrogen and oxygen atoms in total. The summed E-state index contributed by atoms with van der Waals surface area (Å²) in [6.45, 7) is 29.7. The Hall–Kier alpha value is -7.14. The van der Waals surface area contributed by atoms with Gasteiger partial charge in [0.1, 0.15) is 0 Å². The average molecular weight is 1110 g/mol. The predicted molar refractivity (Wildman–Crippen MR) is 361 cm³/mol. The lowest BCUT2D eigenvalue weighted by Gasteiger charge is -2.49. The smallest absolute Gasteiger partial charge is 0.252 e. The van der Waals surface area contributed by atoms with Gasteiger partial charge in [-0.15, -0.1) is 11.3 Å². The maximum absolute atomic E-state index is 2.78. The summed E-state index contributed by atoms with van der Waals surface area (Å²) in [5.41, 5.74) is 29.7. The van der Waals surface area contributed by atoms with Crippen LogP contribution in [0.5, 0.6) is 0 Å². The van der Waals surface area contributed by atoms with E-state index in [2.05, 4.69) is 263 Å². The summed E-state index contributed by atoms with van der Waals surface area (Å²) in [6, 6.07) is 68.2.